The maximum absolute atomic E-state index is 12.9. The molecule has 0 aliphatic carbocycles. The van der Waals surface area contributed by atoms with E-state index >= 15 is 0 Å². The van der Waals surface area contributed by atoms with Crippen molar-refractivity contribution < 1.29 is 14.3 Å². The smallest absolute Gasteiger partial charge is 0.335 e. The zero-order valence-electron chi connectivity index (χ0n) is 10.2. The number of halogens is 1. The van der Waals surface area contributed by atoms with E-state index in [9.17, 15) is 9.18 Å². The van der Waals surface area contributed by atoms with Crippen LogP contribution in [0.3, 0.4) is 0 Å². The highest BCUT2D eigenvalue weighted by molar-refractivity contribution is 5.91. The number of hydrogen-bond acceptors (Lipinski definition) is 1. The number of aromatic carboxylic acids is 1. The van der Waals surface area contributed by atoms with Gasteiger partial charge in [-0.3, -0.25) is 0 Å². The Labute approximate surface area is 105 Å². The number of aryl methyl sites for hydroxylation is 2. The molecule has 1 N–H and O–H groups in total. The molecule has 0 spiro atoms. The number of carbonyl (C=O) groups is 1. The first-order valence-corrected chi connectivity index (χ1v) is 5.59. The topological polar surface area (TPSA) is 37.3 Å². The second kappa shape index (κ2) is 4.61. The summed E-state index contributed by atoms with van der Waals surface area (Å²) in [4.78, 5) is 11.1. The number of hydrogen-bond donors (Lipinski definition) is 1. The number of carboxylic acid groups (broad SMARTS) is 1. The Morgan fingerprint density at radius 1 is 1.06 bits per heavy atom. The minimum absolute atomic E-state index is 0.278. The predicted molar refractivity (Wildman–Crippen MR) is 68.3 cm³/mol. The lowest BCUT2D eigenvalue weighted by Gasteiger charge is -2.10. The van der Waals surface area contributed by atoms with Gasteiger partial charge in [0.15, 0.2) is 0 Å². The van der Waals surface area contributed by atoms with Gasteiger partial charge in [0.25, 0.3) is 0 Å². The molecule has 92 valence electrons. The van der Waals surface area contributed by atoms with Gasteiger partial charge in [0.1, 0.15) is 5.82 Å². The summed E-state index contributed by atoms with van der Waals surface area (Å²) >= 11 is 0. The standard InChI is InChI=1S/C15H13FO2/c1-9-7-10(2)14(15(17)18)8-13(9)11-3-5-12(16)6-4-11/h3-8H,1-2H3,(H,17,18). The van der Waals surface area contributed by atoms with Crippen molar-refractivity contribution in [2.75, 3.05) is 0 Å². The Kier molecular flexibility index (Phi) is 3.15. The quantitative estimate of drug-likeness (QED) is 0.872. The van der Waals surface area contributed by atoms with Crippen LogP contribution in [0.25, 0.3) is 11.1 Å². The second-order valence-electron chi connectivity index (χ2n) is 4.29. The van der Waals surface area contributed by atoms with Crippen LogP contribution in [0.2, 0.25) is 0 Å². The van der Waals surface area contributed by atoms with Crippen molar-refractivity contribution in [1.29, 1.82) is 0 Å². The number of benzene rings is 2. The van der Waals surface area contributed by atoms with Crippen LogP contribution in [0, 0.1) is 19.7 Å². The van der Waals surface area contributed by atoms with Crippen LogP contribution in [0.1, 0.15) is 21.5 Å². The molecule has 18 heavy (non-hydrogen) atoms. The van der Waals surface area contributed by atoms with Gasteiger partial charge in [0, 0.05) is 0 Å². The highest BCUT2D eigenvalue weighted by atomic mass is 19.1. The van der Waals surface area contributed by atoms with E-state index in [4.69, 9.17) is 5.11 Å². The van der Waals surface area contributed by atoms with Crippen molar-refractivity contribution in [2.24, 2.45) is 0 Å². The molecule has 0 amide bonds. The average Bonchev–Trinajstić information content (AvgIpc) is 2.30. The molecule has 0 aliphatic heterocycles. The van der Waals surface area contributed by atoms with Gasteiger partial charge in [-0.2, -0.15) is 0 Å². The fourth-order valence-electron chi connectivity index (χ4n) is 2.02. The van der Waals surface area contributed by atoms with E-state index in [1.807, 2.05) is 13.0 Å². The molecule has 0 fully saturated rings. The molecule has 2 aromatic carbocycles. The molecule has 0 heterocycles. The largest absolute Gasteiger partial charge is 0.478 e. The van der Waals surface area contributed by atoms with E-state index in [0.29, 0.717) is 0 Å². The van der Waals surface area contributed by atoms with Crippen LogP contribution in [0.5, 0.6) is 0 Å². The molecule has 2 aromatic rings. The third-order valence-electron chi connectivity index (χ3n) is 2.96. The van der Waals surface area contributed by atoms with Crippen LogP contribution in [-0.2, 0) is 0 Å². The molecule has 0 unspecified atom stereocenters. The first-order chi connectivity index (χ1) is 8.49. The van der Waals surface area contributed by atoms with Gasteiger partial charge in [0.2, 0.25) is 0 Å². The molecule has 0 radical (unpaired) electrons. The van der Waals surface area contributed by atoms with Crippen molar-refractivity contribution in [1.82, 2.24) is 0 Å². The SMILES string of the molecule is Cc1cc(C)c(-c2ccc(F)cc2)cc1C(=O)O. The molecule has 2 rings (SSSR count). The first kappa shape index (κ1) is 12.3. The molecule has 0 atom stereocenters. The molecular weight excluding hydrogens is 231 g/mol. The van der Waals surface area contributed by atoms with Crippen LogP contribution in [0.15, 0.2) is 36.4 Å². The van der Waals surface area contributed by atoms with Gasteiger partial charge in [0.05, 0.1) is 5.56 Å². The maximum Gasteiger partial charge on any atom is 0.335 e. The normalized spacial score (nSPS) is 10.4. The van der Waals surface area contributed by atoms with Gasteiger partial charge in [-0.25, -0.2) is 9.18 Å². The molecule has 2 nitrogen and oxygen atoms in total. The summed E-state index contributed by atoms with van der Waals surface area (Å²) in [5, 5.41) is 9.11. The van der Waals surface area contributed by atoms with E-state index in [0.717, 1.165) is 22.3 Å². The van der Waals surface area contributed by atoms with Gasteiger partial charge < -0.3 is 5.11 Å². The van der Waals surface area contributed by atoms with E-state index in [-0.39, 0.29) is 11.4 Å². The van der Waals surface area contributed by atoms with Crippen LogP contribution in [-0.4, -0.2) is 11.1 Å². The molecule has 0 aliphatic rings. The Morgan fingerprint density at radius 2 is 1.67 bits per heavy atom. The lowest BCUT2D eigenvalue weighted by Crippen LogP contribution is -2.01. The predicted octanol–water partition coefficient (Wildman–Crippen LogP) is 3.81. The zero-order valence-corrected chi connectivity index (χ0v) is 10.2. The Morgan fingerprint density at radius 3 is 2.22 bits per heavy atom. The first-order valence-electron chi connectivity index (χ1n) is 5.59. The molecule has 0 bridgehead atoms. The fraction of sp³-hybridized carbons (Fsp3) is 0.133. The summed E-state index contributed by atoms with van der Waals surface area (Å²) < 4.78 is 12.9. The van der Waals surface area contributed by atoms with Crippen molar-refractivity contribution in [2.45, 2.75) is 13.8 Å². The summed E-state index contributed by atoms with van der Waals surface area (Å²) in [7, 11) is 0. The molecule has 0 saturated heterocycles. The highest BCUT2D eigenvalue weighted by Crippen LogP contribution is 2.26. The summed E-state index contributed by atoms with van der Waals surface area (Å²) in [6.07, 6.45) is 0. The minimum Gasteiger partial charge on any atom is -0.478 e. The van der Waals surface area contributed by atoms with Gasteiger partial charge in [-0.1, -0.05) is 18.2 Å². The van der Waals surface area contributed by atoms with Crippen LogP contribution in [0.4, 0.5) is 4.39 Å². The summed E-state index contributed by atoms with van der Waals surface area (Å²) in [5.41, 5.74) is 3.62. The van der Waals surface area contributed by atoms with E-state index in [1.165, 1.54) is 12.1 Å². The molecule has 3 heteroatoms. The maximum atomic E-state index is 12.9. The minimum atomic E-state index is -0.948. The second-order valence-corrected chi connectivity index (χ2v) is 4.29. The summed E-state index contributed by atoms with van der Waals surface area (Å²) in [5.74, 6) is -1.25. The van der Waals surface area contributed by atoms with Crippen molar-refractivity contribution >= 4 is 5.97 Å². The van der Waals surface area contributed by atoms with Crippen molar-refractivity contribution in [3.63, 3.8) is 0 Å². The average molecular weight is 244 g/mol. The summed E-state index contributed by atoms with van der Waals surface area (Å²) in [6.45, 7) is 3.68. The van der Waals surface area contributed by atoms with Crippen LogP contribution < -0.4 is 0 Å². The monoisotopic (exact) mass is 244 g/mol. The zero-order chi connectivity index (χ0) is 13.3. The Hall–Kier alpha value is -2.16. The fourth-order valence-corrected chi connectivity index (χ4v) is 2.02. The molecule has 0 aromatic heterocycles. The highest BCUT2D eigenvalue weighted by Gasteiger charge is 2.11. The van der Waals surface area contributed by atoms with Crippen molar-refractivity contribution in [3.8, 4) is 11.1 Å². The number of carboxylic acids is 1. The Balaban J connectivity index is 2.60. The lowest BCUT2D eigenvalue weighted by atomic mass is 9.95. The van der Waals surface area contributed by atoms with E-state index in [1.54, 1.807) is 25.1 Å². The number of rotatable bonds is 2. The third-order valence-corrected chi connectivity index (χ3v) is 2.96. The van der Waals surface area contributed by atoms with Crippen molar-refractivity contribution in [3.05, 3.63) is 58.9 Å². The van der Waals surface area contributed by atoms with E-state index in [2.05, 4.69) is 0 Å². The van der Waals surface area contributed by atoms with E-state index < -0.39 is 5.97 Å². The molecular formula is C15H13FO2. The van der Waals surface area contributed by atoms with Gasteiger partial charge >= 0.3 is 5.97 Å². The van der Waals surface area contributed by atoms with Gasteiger partial charge in [-0.15, -0.1) is 0 Å². The Bertz CT molecular complexity index is 601. The summed E-state index contributed by atoms with van der Waals surface area (Å²) in [6, 6.07) is 9.52. The molecule has 0 saturated carbocycles. The van der Waals surface area contributed by atoms with Crippen LogP contribution >= 0.6 is 0 Å². The lowest BCUT2D eigenvalue weighted by molar-refractivity contribution is 0.0696. The third kappa shape index (κ3) is 2.25. The van der Waals surface area contributed by atoms with Gasteiger partial charge in [-0.05, 0) is 54.3 Å².